The molecule has 1 aliphatic rings. The Morgan fingerprint density at radius 1 is 1.24 bits per heavy atom. The highest BCUT2D eigenvalue weighted by Gasteiger charge is 2.33. The van der Waals surface area contributed by atoms with Crippen molar-refractivity contribution in [1.29, 1.82) is 0 Å². The first kappa shape index (κ1) is 12.5. The topological polar surface area (TPSA) is 27.1 Å². The highest BCUT2D eigenvalue weighted by molar-refractivity contribution is 6.74. The summed E-state index contributed by atoms with van der Waals surface area (Å²) in [5.41, 5.74) is -0.208. The van der Waals surface area contributed by atoms with Crippen LogP contribution in [0, 0.1) is 13.8 Å². The third-order valence-electron chi connectivity index (χ3n) is 3.24. The van der Waals surface area contributed by atoms with Gasteiger partial charge in [0.2, 0.25) is 0 Å². The zero-order valence-electron chi connectivity index (χ0n) is 9.92. The van der Waals surface area contributed by atoms with Crippen molar-refractivity contribution in [2.24, 2.45) is 0 Å². The summed E-state index contributed by atoms with van der Waals surface area (Å²) in [6.45, 7) is -0.868. The Kier molecular flexibility index (Phi) is 3.20. The molecule has 0 atom stereocenters. The van der Waals surface area contributed by atoms with Gasteiger partial charge in [0.1, 0.15) is 0 Å². The summed E-state index contributed by atoms with van der Waals surface area (Å²) in [6.07, 6.45) is 1.46. The molecule has 1 fully saturated rings. The first-order valence-corrected chi connectivity index (χ1v) is 5.74. The average Bonchev–Trinajstić information content (AvgIpc) is 2.54. The Balaban J connectivity index is 2.36. The maximum absolute atomic E-state index is 12.9. The maximum atomic E-state index is 12.9. The number of nitrogens with zero attached hydrogens (tertiary/aromatic N) is 2. The van der Waals surface area contributed by atoms with Crippen molar-refractivity contribution in [2.45, 2.75) is 32.7 Å². The summed E-state index contributed by atoms with van der Waals surface area (Å²) in [7, 11) is 0. The highest BCUT2D eigenvalue weighted by atomic mass is 19.4. The largest absolute Gasteiger partial charge is 0.513 e. The number of aromatic nitrogens is 2. The number of ether oxygens (including phenoxy) is 1. The van der Waals surface area contributed by atoms with E-state index in [1.165, 1.54) is 18.5 Å². The molecule has 2 rings (SSSR count). The lowest BCUT2D eigenvalue weighted by Crippen LogP contribution is -2.37. The minimum absolute atomic E-state index is 0.0364. The normalized spacial score (nSPS) is 18.6. The lowest BCUT2D eigenvalue weighted by atomic mass is 9.78. The predicted molar refractivity (Wildman–Crippen MR) is 59.5 cm³/mol. The molecule has 0 amide bonds. The van der Waals surface area contributed by atoms with Crippen molar-refractivity contribution >= 4 is 12.4 Å². The van der Waals surface area contributed by atoms with Crippen LogP contribution in [0.5, 0.6) is 0 Å². The number of hydrogen-bond acceptors (Lipinski definition) is 2. The number of aryl methyl sites for hydroxylation is 1. The average molecular weight is 247 g/mol. The van der Waals surface area contributed by atoms with Gasteiger partial charge >= 0.3 is 6.98 Å². The van der Waals surface area contributed by atoms with Crippen LogP contribution in [-0.4, -0.2) is 30.0 Å². The zero-order chi connectivity index (χ0) is 12.6. The highest BCUT2D eigenvalue weighted by Crippen LogP contribution is 2.23. The number of halogens is 3. The van der Waals surface area contributed by atoms with Crippen molar-refractivity contribution in [2.75, 3.05) is 13.2 Å². The molecule has 0 unspecified atom stereocenters. The fourth-order valence-corrected chi connectivity index (χ4v) is 2.43. The van der Waals surface area contributed by atoms with E-state index in [1.807, 2.05) is 0 Å². The standard InChI is InChI=1S/C10H15BF3N2O/c1-7-10(11(12,13)14)8(2)16(15-7)9-3-5-17-6-4-9/h9H,3-6H2,1-2H3/q-1. The Hall–Kier alpha value is -0.975. The van der Waals surface area contributed by atoms with Crippen molar-refractivity contribution in [3.63, 3.8) is 0 Å². The summed E-state index contributed by atoms with van der Waals surface area (Å²) in [4.78, 5) is 0. The smallest absolute Gasteiger partial charge is 0.445 e. The summed E-state index contributed by atoms with van der Waals surface area (Å²) >= 11 is 0. The van der Waals surface area contributed by atoms with E-state index >= 15 is 0 Å². The molecule has 7 heteroatoms. The van der Waals surface area contributed by atoms with Gasteiger partial charge in [-0.1, -0.05) is 5.46 Å². The van der Waals surface area contributed by atoms with Gasteiger partial charge in [-0.3, -0.25) is 4.68 Å². The van der Waals surface area contributed by atoms with Crippen molar-refractivity contribution < 1.29 is 17.7 Å². The second kappa shape index (κ2) is 4.36. The molecule has 0 aromatic carbocycles. The second-order valence-electron chi connectivity index (χ2n) is 4.45. The fourth-order valence-electron chi connectivity index (χ4n) is 2.43. The van der Waals surface area contributed by atoms with Gasteiger partial charge in [0, 0.05) is 24.6 Å². The molecule has 17 heavy (non-hydrogen) atoms. The summed E-state index contributed by atoms with van der Waals surface area (Å²) in [5, 5.41) is 4.06. The van der Waals surface area contributed by atoms with Crippen LogP contribution in [0.2, 0.25) is 0 Å². The number of hydrogen-bond donors (Lipinski definition) is 0. The van der Waals surface area contributed by atoms with Crippen LogP contribution in [0.4, 0.5) is 12.9 Å². The van der Waals surface area contributed by atoms with E-state index in [2.05, 4.69) is 5.10 Å². The molecule has 0 spiro atoms. The van der Waals surface area contributed by atoms with E-state index < -0.39 is 12.4 Å². The monoisotopic (exact) mass is 247 g/mol. The van der Waals surface area contributed by atoms with Gasteiger partial charge < -0.3 is 17.7 Å². The minimum atomic E-state index is -4.98. The Labute approximate surface area is 98.0 Å². The zero-order valence-corrected chi connectivity index (χ0v) is 9.92. The van der Waals surface area contributed by atoms with E-state index in [-0.39, 0.29) is 17.4 Å². The van der Waals surface area contributed by atoms with Gasteiger partial charge in [-0.05, 0) is 26.7 Å². The molecule has 1 aliphatic heterocycles. The van der Waals surface area contributed by atoms with Crippen LogP contribution in [0.1, 0.15) is 30.3 Å². The molecular weight excluding hydrogens is 232 g/mol. The molecule has 3 nitrogen and oxygen atoms in total. The quantitative estimate of drug-likeness (QED) is 0.746. The SMILES string of the molecule is Cc1nn(C2CCOCC2)c(C)c1[B-](F)(F)F. The van der Waals surface area contributed by atoms with Crippen molar-refractivity contribution in [3.05, 3.63) is 11.4 Å². The third kappa shape index (κ3) is 2.34. The molecule has 96 valence electrons. The van der Waals surface area contributed by atoms with Crippen molar-refractivity contribution in [1.82, 2.24) is 9.78 Å². The molecule has 2 heterocycles. The van der Waals surface area contributed by atoms with E-state index in [9.17, 15) is 12.9 Å². The fraction of sp³-hybridized carbons (Fsp3) is 0.700. The molecule has 1 saturated heterocycles. The summed E-state index contributed by atoms with van der Waals surface area (Å²) in [5.74, 6) is 0. The lowest BCUT2D eigenvalue weighted by Gasteiger charge is -2.24. The van der Waals surface area contributed by atoms with E-state index in [0.29, 0.717) is 13.2 Å². The van der Waals surface area contributed by atoms with Gasteiger partial charge in [0.25, 0.3) is 0 Å². The maximum Gasteiger partial charge on any atom is 0.513 e. The third-order valence-corrected chi connectivity index (χ3v) is 3.24. The van der Waals surface area contributed by atoms with Gasteiger partial charge in [-0.15, -0.1) is 0 Å². The van der Waals surface area contributed by atoms with Gasteiger partial charge in [-0.25, -0.2) is 0 Å². The molecule has 0 radical (unpaired) electrons. The van der Waals surface area contributed by atoms with Crippen LogP contribution in [0.25, 0.3) is 0 Å². The lowest BCUT2D eigenvalue weighted by molar-refractivity contribution is 0.0656. The van der Waals surface area contributed by atoms with Crippen molar-refractivity contribution in [3.8, 4) is 0 Å². The van der Waals surface area contributed by atoms with E-state index in [4.69, 9.17) is 4.74 Å². The minimum Gasteiger partial charge on any atom is -0.445 e. The van der Waals surface area contributed by atoms with Crippen LogP contribution >= 0.6 is 0 Å². The van der Waals surface area contributed by atoms with Crippen LogP contribution < -0.4 is 5.46 Å². The Morgan fingerprint density at radius 3 is 2.29 bits per heavy atom. The first-order valence-electron chi connectivity index (χ1n) is 5.74. The molecular formula is C10H15BF3N2O-. The van der Waals surface area contributed by atoms with Gasteiger partial charge in [-0.2, -0.15) is 5.10 Å². The Morgan fingerprint density at radius 2 is 1.82 bits per heavy atom. The van der Waals surface area contributed by atoms with Crippen LogP contribution in [-0.2, 0) is 4.74 Å². The molecule has 1 aromatic rings. The summed E-state index contributed by atoms with van der Waals surface area (Å²) < 4.78 is 45.4. The molecule has 1 aromatic heterocycles. The van der Waals surface area contributed by atoms with E-state index in [1.54, 1.807) is 0 Å². The van der Waals surface area contributed by atoms with Gasteiger partial charge in [0.05, 0.1) is 6.04 Å². The predicted octanol–water partition coefficient (Wildman–Crippen LogP) is 1.91. The molecule has 0 aliphatic carbocycles. The van der Waals surface area contributed by atoms with Crippen LogP contribution in [0.3, 0.4) is 0 Å². The molecule has 0 bridgehead atoms. The second-order valence-corrected chi connectivity index (χ2v) is 4.45. The first-order chi connectivity index (χ1) is 7.91. The molecule has 0 saturated carbocycles. The van der Waals surface area contributed by atoms with Crippen LogP contribution in [0.15, 0.2) is 0 Å². The summed E-state index contributed by atoms with van der Waals surface area (Å²) in [6, 6.07) is 0.0364. The van der Waals surface area contributed by atoms with Gasteiger partial charge in [0.15, 0.2) is 0 Å². The number of rotatable bonds is 2. The Bertz CT molecular complexity index is 410. The van der Waals surface area contributed by atoms with E-state index in [0.717, 1.165) is 12.8 Å². The molecule has 0 N–H and O–H groups in total.